The molecule has 14 heavy (non-hydrogen) atoms. The van der Waals surface area contributed by atoms with Gasteiger partial charge in [-0.25, -0.2) is 19.9 Å². The largest absolute Gasteiger partial charge is 0.348 e. The highest BCUT2D eigenvalue weighted by Crippen LogP contribution is 2.20. The van der Waals surface area contributed by atoms with Crippen molar-refractivity contribution in [1.29, 1.82) is 0 Å². The Morgan fingerprint density at radius 3 is 2.64 bits per heavy atom. The summed E-state index contributed by atoms with van der Waals surface area (Å²) in [6, 6.07) is 0. The molecule has 0 aliphatic carbocycles. The van der Waals surface area contributed by atoms with Crippen molar-refractivity contribution in [1.82, 2.24) is 24.9 Å². The number of H-pyrrole nitrogens is 1. The zero-order chi connectivity index (χ0) is 9.80. The summed E-state index contributed by atoms with van der Waals surface area (Å²) in [5.74, 6) is 1.80. The Morgan fingerprint density at radius 2 is 2.07 bits per heavy atom. The Kier molecular flexibility index (Phi) is 2.48. The minimum Gasteiger partial charge on any atom is -0.348 e. The van der Waals surface area contributed by atoms with Gasteiger partial charge in [0.05, 0.1) is 5.92 Å². The molecule has 2 aromatic heterocycles. The van der Waals surface area contributed by atoms with Gasteiger partial charge in [0.2, 0.25) is 0 Å². The molecule has 5 heteroatoms. The van der Waals surface area contributed by atoms with Crippen LogP contribution in [-0.2, 0) is 0 Å². The lowest BCUT2D eigenvalue weighted by Gasteiger charge is -2.08. The zero-order valence-electron chi connectivity index (χ0n) is 7.88. The third-order valence-electron chi connectivity index (χ3n) is 2.08. The summed E-state index contributed by atoms with van der Waals surface area (Å²) >= 11 is 0. The number of rotatable bonds is 3. The molecular weight excluding hydrogens is 178 g/mol. The third kappa shape index (κ3) is 1.61. The van der Waals surface area contributed by atoms with E-state index in [2.05, 4.69) is 31.8 Å². The van der Waals surface area contributed by atoms with Crippen LogP contribution >= 0.6 is 0 Å². The first kappa shape index (κ1) is 8.80. The van der Waals surface area contributed by atoms with Gasteiger partial charge < -0.3 is 4.98 Å². The summed E-state index contributed by atoms with van der Waals surface area (Å²) < 4.78 is 0. The Morgan fingerprint density at radius 1 is 1.29 bits per heavy atom. The van der Waals surface area contributed by atoms with Crippen LogP contribution in [0.1, 0.15) is 30.9 Å². The summed E-state index contributed by atoms with van der Waals surface area (Å²) in [5.41, 5.74) is 0. The van der Waals surface area contributed by atoms with Crippen LogP contribution in [0.15, 0.2) is 25.0 Å². The van der Waals surface area contributed by atoms with Crippen LogP contribution < -0.4 is 0 Å². The molecule has 1 unspecified atom stereocenters. The summed E-state index contributed by atoms with van der Waals surface area (Å²) in [6.45, 7) is 2.08. The highest BCUT2D eigenvalue weighted by Gasteiger charge is 2.16. The molecule has 0 aromatic carbocycles. The van der Waals surface area contributed by atoms with Crippen molar-refractivity contribution in [2.45, 2.75) is 19.3 Å². The molecule has 72 valence electrons. The van der Waals surface area contributed by atoms with Crippen molar-refractivity contribution in [3.63, 3.8) is 0 Å². The van der Waals surface area contributed by atoms with Gasteiger partial charge in [0.15, 0.2) is 0 Å². The van der Waals surface area contributed by atoms with Gasteiger partial charge in [-0.1, -0.05) is 6.92 Å². The quantitative estimate of drug-likeness (QED) is 0.786. The van der Waals surface area contributed by atoms with E-state index in [4.69, 9.17) is 0 Å². The predicted molar refractivity (Wildman–Crippen MR) is 50.5 cm³/mol. The van der Waals surface area contributed by atoms with E-state index in [0.717, 1.165) is 18.1 Å². The van der Waals surface area contributed by atoms with Crippen molar-refractivity contribution >= 4 is 0 Å². The summed E-state index contributed by atoms with van der Waals surface area (Å²) in [6.07, 6.45) is 7.47. The first-order valence-corrected chi connectivity index (χ1v) is 4.53. The van der Waals surface area contributed by atoms with Gasteiger partial charge in [-0.2, -0.15) is 0 Å². The van der Waals surface area contributed by atoms with Crippen molar-refractivity contribution in [2.24, 2.45) is 0 Å². The predicted octanol–water partition coefficient (Wildman–Crippen LogP) is 1.14. The molecule has 0 saturated carbocycles. The Hall–Kier alpha value is -1.78. The third-order valence-corrected chi connectivity index (χ3v) is 2.08. The average molecular weight is 189 g/mol. The summed E-state index contributed by atoms with van der Waals surface area (Å²) in [7, 11) is 0. The number of aromatic nitrogens is 5. The second-order valence-corrected chi connectivity index (χ2v) is 2.93. The van der Waals surface area contributed by atoms with Gasteiger partial charge in [0.25, 0.3) is 0 Å². The normalized spacial score (nSPS) is 12.6. The van der Waals surface area contributed by atoms with Gasteiger partial charge in [-0.05, 0) is 6.42 Å². The Labute approximate surface area is 81.7 Å². The van der Waals surface area contributed by atoms with Gasteiger partial charge in [0.1, 0.15) is 24.3 Å². The smallest absolute Gasteiger partial charge is 0.142 e. The van der Waals surface area contributed by atoms with Gasteiger partial charge in [0, 0.05) is 12.4 Å². The molecule has 1 atom stereocenters. The fraction of sp³-hybridized carbons (Fsp3) is 0.333. The van der Waals surface area contributed by atoms with E-state index in [1.54, 1.807) is 12.4 Å². The van der Waals surface area contributed by atoms with Gasteiger partial charge in [-0.15, -0.1) is 0 Å². The minimum absolute atomic E-state index is 0.132. The van der Waals surface area contributed by atoms with Gasteiger partial charge in [-0.3, -0.25) is 0 Å². The summed E-state index contributed by atoms with van der Waals surface area (Å²) in [4.78, 5) is 19.3. The maximum absolute atomic E-state index is 4.21. The fourth-order valence-corrected chi connectivity index (χ4v) is 1.39. The molecule has 0 fully saturated rings. The van der Waals surface area contributed by atoms with E-state index in [1.807, 2.05) is 0 Å². The minimum atomic E-state index is 0.132. The van der Waals surface area contributed by atoms with E-state index in [1.165, 1.54) is 12.7 Å². The first-order chi connectivity index (χ1) is 6.92. The molecule has 1 N–H and O–H groups in total. The molecule has 0 aliphatic heterocycles. The number of hydrogen-bond acceptors (Lipinski definition) is 4. The van der Waals surface area contributed by atoms with Crippen LogP contribution in [0.3, 0.4) is 0 Å². The van der Waals surface area contributed by atoms with Crippen LogP contribution in [-0.4, -0.2) is 24.9 Å². The molecule has 2 aromatic rings. The monoisotopic (exact) mass is 189 g/mol. The number of nitrogens with zero attached hydrogens (tertiary/aromatic N) is 4. The molecule has 0 amide bonds. The molecule has 0 aliphatic rings. The molecule has 2 heterocycles. The van der Waals surface area contributed by atoms with Crippen molar-refractivity contribution in [3.05, 3.63) is 36.7 Å². The van der Waals surface area contributed by atoms with Crippen molar-refractivity contribution in [3.8, 4) is 0 Å². The molecule has 0 spiro atoms. The van der Waals surface area contributed by atoms with Crippen molar-refractivity contribution in [2.75, 3.05) is 0 Å². The molecule has 0 saturated heterocycles. The number of hydrogen-bond donors (Lipinski definition) is 1. The molecule has 0 radical (unpaired) electrons. The highest BCUT2D eigenvalue weighted by atomic mass is 15.0. The van der Waals surface area contributed by atoms with E-state index in [9.17, 15) is 0 Å². The van der Waals surface area contributed by atoms with Crippen LogP contribution in [0.25, 0.3) is 0 Å². The second kappa shape index (κ2) is 3.95. The number of imidazole rings is 1. The summed E-state index contributed by atoms with van der Waals surface area (Å²) in [5, 5.41) is 0. The van der Waals surface area contributed by atoms with Gasteiger partial charge >= 0.3 is 0 Å². The van der Waals surface area contributed by atoms with E-state index < -0.39 is 0 Å². The highest BCUT2D eigenvalue weighted by molar-refractivity contribution is 5.09. The maximum atomic E-state index is 4.21. The Bertz CT molecular complexity index is 369. The second-order valence-electron chi connectivity index (χ2n) is 2.93. The van der Waals surface area contributed by atoms with E-state index in [-0.39, 0.29) is 5.92 Å². The zero-order valence-corrected chi connectivity index (χ0v) is 7.88. The lowest BCUT2D eigenvalue weighted by atomic mass is 10.1. The van der Waals surface area contributed by atoms with Crippen LogP contribution in [0, 0.1) is 0 Å². The van der Waals surface area contributed by atoms with Crippen LogP contribution in [0.5, 0.6) is 0 Å². The SMILES string of the molecule is CCC(c1ncncn1)c1ncc[nH]1. The van der Waals surface area contributed by atoms with Crippen LogP contribution in [0.2, 0.25) is 0 Å². The van der Waals surface area contributed by atoms with E-state index in [0.29, 0.717) is 0 Å². The molecule has 2 rings (SSSR count). The number of aromatic amines is 1. The van der Waals surface area contributed by atoms with Crippen molar-refractivity contribution < 1.29 is 0 Å². The topological polar surface area (TPSA) is 67.3 Å². The molecular formula is C9H11N5. The van der Waals surface area contributed by atoms with E-state index >= 15 is 0 Å². The standard InChI is InChI=1S/C9H11N5/c1-2-7(8-11-3-4-12-8)9-13-5-10-6-14-9/h3-7H,2H2,1H3,(H,11,12). The lowest BCUT2D eigenvalue weighted by molar-refractivity contribution is 0.672. The molecule has 0 bridgehead atoms. The lowest BCUT2D eigenvalue weighted by Crippen LogP contribution is -2.06. The fourth-order valence-electron chi connectivity index (χ4n) is 1.39. The average Bonchev–Trinajstić information content (AvgIpc) is 2.74. The Balaban J connectivity index is 2.31. The first-order valence-electron chi connectivity index (χ1n) is 4.53. The number of nitrogens with one attached hydrogen (secondary N) is 1. The maximum Gasteiger partial charge on any atom is 0.142 e. The van der Waals surface area contributed by atoms with Crippen LogP contribution in [0.4, 0.5) is 0 Å². The molecule has 5 nitrogen and oxygen atoms in total.